The van der Waals surface area contributed by atoms with Crippen molar-refractivity contribution in [2.24, 2.45) is 0 Å². The first-order valence-corrected chi connectivity index (χ1v) is 6.59. The molecule has 21 heavy (non-hydrogen) atoms. The summed E-state index contributed by atoms with van der Waals surface area (Å²) < 4.78 is 32.5. The fraction of sp³-hybridized carbons (Fsp3) is 0.118. The Morgan fingerprint density at radius 3 is 2.57 bits per heavy atom. The fourth-order valence-corrected chi connectivity index (χ4v) is 2.60. The number of ether oxygens (including phenoxy) is 1. The summed E-state index contributed by atoms with van der Waals surface area (Å²) in [5, 5.41) is 0. The van der Waals surface area contributed by atoms with Crippen molar-refractivity contribution in [2.75, 3.05) is 6.61 Å². The fourth-order valence-electron chi connectivity index (χ4n) is 2.60. The van der Waals surface area contributed by atoms with E-state index in [4.69, 9.17) is 4.74 Å². The number of benzene rings is 2. The van der Waals surface area contributed by atoms with E-state index in [1.807, 2.05) is 0 Å². The third kappa shape index (κ3) is 2.23. The lowest BCUT2D eigenvalue weighted by Gasteiger charge is -2.04. The molecule has 106 valence electrons. The van der Waals surface area contributed by atoms with Gasteiger partial charge in [-0.3, -0.25) is 0 Å². The van der Waals surface area contributed by atoms with Crippen molar-refractivity contribution in [3.8, 4) is 11.1 Å². The third-order valence-corrected chi connectivity index (χ3v) is 3.38. The maximum absolute atomic E-state index is 14.2. The van der Waals surface area contributed by atoms with Gasteiger partial charge in [-0.2, -0.15) is 0 Å². The lowest BCUT2D eigenvalue weighted by Crippen LogP contribution is -2.01. The topological polar surface area (TPSA) is 26.3 Å². The molecule has 0 heterocycles. The van der Waals surface area contributed by atoms with Crippen LogP contribution in [0.25, 0.3) is 16.7 Å². The quantitative estimate of drug-likeness (QED) is 0.527. The molecule has 1 aliphatic rings. The molecule has 0 saturated carbocycles. The number of halogens is 2. The number of carbonyl (C=O) groups excluding carboxylic acids is 1. The van der Waals surface area contributed by atoms with Gasteiger partial charge in [0.1, 0.15) is 11.6 Å². The maximum atomic E-state index is 14.2. The van der Waals surface area contributed by atoms with Gasteiger partial charge in [-0.25, -0.2) is 13.6 Å². The summed E-state index contributed by atoms with van der Waals surface area (Å²) in [5.41, 5.74) is 2.53. The van der Waals surface area contributed by atoms with Crippen LogP contribution in [0, 0.1) is 11.6 Å². The summed E-state index contributed by atoms with van der Waals surface area (Å²) in [6.45, 7) is 1.94. The second-order valence-corrected chi connectivity index (χ2v) is 4.67. The summed E-state index contributed by atoms with van der Waals surface area (Å²) in [6, 6.07) is 9.24. The van der Waals surface area contributed by atoms with E-state index < -0.39 is 17.6 Å². The maximum Gasteiger partial charge on any atom is 0.331 e. The van der Waals surface area contributed by atoms with Gasteiger partial charge in [0.05, 0.1) is 6.61 Å². The highest BCUT2D eigenvalue weighted by atomic mass is 19.1. The van der Waals surface area contributed by atoms with Crippen LogP contribution in [0.1, 0.15) is 18.1 Å². The number of hydrogen-bond donors (Lipinski definition) is 0. The molecule has 0 aliphatic heterocycles. The minimum atomic E-state index is -0.684. The average Bonchev–Trinajstić information content (AvgIpc) is 2.74. The smallest absolute Gasteiger partial charge is 0.331 e. The van der Waals surface area contributed by atoms with Crippen molar-refractivity contribution in [2.45, 2.75) is 6.92 Å². The summed E-state index contributed by atoms with van der Waals surface area (Å²) >= 11 is 0. The standard InChI is InChI=1S/C17H12F2O2/c1-2-21-16(20)9-14-12-6-4-3-5-11(12)13-7-10(18)8-15(19)17(13)14/h3-9H,2H2,1H3/b14-9-. The zero-order valence-electron chi connectivity index (χ0n) is 11.3. The van der Waals surface area contributed by atoms with Gasteiger partial charge >= 0.3 is 5.97 Å². The first-order valence-electron chi connectivity index (χ1n) is 6.59. The number of esters is 1. The Morgan fingerprint density at radius 2 is 1.86 bits per heavy atom. The molecular weight excluding hydrogens is 274 g/mol. The molecule has 0 bridgehead atoms. The normalized spacial score (nSPS) is 14.0. The second kappa shape index (κ2) is 5.13. The molecule has 2 aromatic carbocycles. The van der Waals surface area contributed by atoms with Gasteiger partial charge in [-0.1, -0.05) is 24.3 Å². The van der Waals surface area contributed by atoms with Crippen LogP contribution in [0.2, 0.25) is 0 Å². The number of fused-ring (bicyclic) bond motifs is 3. The van der Waals surface area contributed by atoms with E-state index in [9.17, 15) is 13.6 Å². The molecule has 0 spiro atoms. The van der Waals surface area contributed by atoms with Crippen LogP contribution in [-0.2, 0) is 9.53 Å². The largest absolute Gasteiger partial charge is 0.463 e. The van der Waals surface area contributed by atoms with E-state index in [1.165, 1.54) is 12.1 Å². The van der Waals surface area contributed by atoms with Gasteiger partial charge in [0, 0.05) is 23.3 Å². The summed E-state index contributed by atoms with van der Waals surface area (Å²) in [6.07, 6.45) is 1.26. The van der Waals surface area contributed by atoms with Crippen LogP contribution < -0.4 is 0 Å². The van der Waals surface area contributed by atoms with E-state index in [1.54, 1.807) is 31.2 Å². The van der Waals surface area contributed by atoms with Gasteiger partial charge in [0.25, 0.3) is 0 Å². The SMILES string of the molecule is CCOC(=O)/C=C1/c2ccccc2-c2cc(F)cc(F)c21. The summed E-state index contributed by atoms with van der Waals surface area (Å²) in [5.74, 6) is -1.87. The molecule has 0 saturated heterocycles. The Labute approximate surface area is 120 Å². The molecule has 1 aliphatic carbocycles. The molecule has 0 radical (unpaired) electrons. The minimum absolute atomic E-state index is 0.239. The van der Waals surface area contributed by atoms with Crippen molar-refractivity contribution in [1.82, 2.24) is 0 Å². The first-order chi connectivity index (χ1) is 10.1. The van der Waals surface area contributed by atoms with E-state index in [2.05, 4.69) is 0 Å². The van der Waals surface area contributed by atoms with E-state index in [-0.39, 0.29) is 12.2 Å². The third-order valence-electron chi connectivity index (χ3n) is 3.38. The average molecular weight is 286 g/mol. The highest BCUT2D eigenvalue weighted by Crippen LogP contribution is 2.45. The van der Waals surface area contributed by atoms with Gasteiger partial charge in [0.15, 0.2) is 0 Å². The molecule has 0 atom stereocenters. The van der Waals surface area contributed by atoms with Crippen molar-refractivity contribution in [3.05, 3.63) is 65.2 Å². The number of hydrogen-bond acceptors (Lipinski definition) is 2. The van der Waals surface area contributed by atoms with Crippen molar-refractivity contribution >= 4 is 11.5 Å². The Bertz CT molecular complexity index is 763. The van der Waals surface area contributed by atoms with Crippen LogP contribution in [0.4, 0.5) is 8.78 Å². The van der Waals surface area contributed by atoms with Crippen LogP contribution in [0.3, 0.4) is 0 Å². The molecule has 0 amide bonds. The second-order valence-electron chi connectivity index (χ2n) is 4.67. The number of rotatable bonds is 2. The van der Waals surface area contributed by atoms with Gasteiger partial charge in [-0.05, 0) is 29.7 Å². The van der Waals surface area contributed by atoms with Crippen LogP contribution in [0.15, 0.2) is 42.5 Å². The minimum Gasteiger partial charge on any atom is -0.463 e. The predicted molar refractivity (Wildman–Crippen MR) is 75.5 cm³/mol. The lowest BCUT2D eigenvalue weighted by atomic mass is 10.0. The van der Waals surface area contributed by atoms with Crippen LogP contribution >= 0.6 is 0 Å². The molecule has 3 rings (SSSR count). The van der Waals surface area contributed by atoms with E-state index >= 15 is 0 Å². The van der Waals surface area contributed by atoms with Gasteiger partial charge < -0.3 is 4.74 Å². The first kappa shape index (κ1) is 13.5. The molecule has 2 aromatic rings. The van der Waals surface area contributed by atoms with Gasteiger partial charge in [-0.15, -0.1) is 0 Å². The zero-order chi connectivity index (χ0) is 15.0. The highest BCUT2D eigenvalue weighted by molar-refractivity contribution is 6.07. The Kier molecular flexibility index (Phi) is 3.29. The highest BCUT2D eigenvalue weighted by Gasteiger charge is 2.27. The van der Waals surface area contributed by atoms with E-state index in [0.29, 0.717) is 22.3 Å². The Hall–Kier alpha value is -2.49. The molecule has 4 heteroatoms. The Balaban J connectivity index is 2.26. The van der Waals surface area contributed by atoms with Crippen LogP contribution in [-0.4, -0.2) is 12.6 Å². The monoisotopic (exact) mass is 286 g/mol. The van der Waals surface area contributed by atoms with E-state index in [0.717, 1.165) is 6.07 Å². The van der Waals surface area contributed by atoms with Crippen LogP contribution in [0.5, 0.6) is 0 Å². The molecule has 0 N–H and O–H groups in total. The van der Waals surface area contributed by atoms with Crippen molar-refractivity contribution in [1.29, 1.82) is 0 Å². The molecule has 0 unspecified atom stereocenters. The van der Waals surface area contributed by atoms with Crippen molar-refractivity contribution in [3.63, 3.8) is 0 Å². The molecule has 0 fully saturated rings. The van der Waals surface area contributed by atoms with Gasteiger partial charge in [0.2, 0.25) is 0 Å². The predicted octanol–water partition coefficient (Wildman–Crippen LogP) is 3.94. The molecular formula is C17H12F2O2. The van der Waals surface area contributed by atoms with Crippen molar-refractivity contribution < 1.29 is 18.3 Å². The number of carbonyl (C=O) groups is 1. The molecule has 2 nitrogen and oxygen atoms in total. The molecule has 0 aromatic heterocycles. The summed E-state index contributed by atoms with van der Waals surface area (Å²) in [7, 11) is 0. The lowest BCUT2D eigenvalue weighted by molar-refractivity contribution is -0.137. The summed E-state index contributed by atoms with van der Waals surface area (Å²) in [4.78, 5) is 11.7. The zero-order valence-corrected chi connectivity index (χ0v) is 11.3. The Morgan fingerprint density at radius 1 is 1.14 bits per heavy atom.